The number of aryl methyl sites for hydroxylation is 1. The van der Waals surface area contributed by atoms with Crippen LogP contribution in [0.25, 0.3) is 0 Å². The normalized spacial score (nSPS) is 20.4. The lowest BCUT2D eigenvalue weighted by Gasteiger charge is -2.34. The van der Waals surface area contributed by atoms with Crippen LogP contribution in [-0.4, -0.2) is 91.3 Å². The predicted molar refractivity (Wildman–Crippen MR) is 130 cm³/mol. The number of fused-ring (bicyclic) bond motifs is 2. The fourth-order valence-electron chi connectivity index (χ4n) is 4.06. The third kappa shape index (κ3) is 5.45. The third-order valence-electron chi connectivity index (χ3n) is 5.96. The van der Waals surface area contributed by atoms with Gasteiger partial charge in [-0.25, -0.2) is 4.99 Å². The summed E-state index contributed by atoms with van der Waals surface area (Å²) < 4.78 is 0. The van der Waals surface area contributed by atoms with Crippen LogP contribution in [0.3, 0.4) is 0 Å². The fraction of sp³-hybridized carbons (Fsp3) is 0.522. The Kier molecular flexibility index (Phi) is 7.24. The number of aliphatic hydroxyl groups is 1. The summed E-state index contributed by atoms with van der Waals surface area (Å²) in [6.45, 7) is 12.2. The van der Waals surface area contributed by atoms with Crippen molar-refractivity contribution in [1.29, 1.82) is 0 Å². The number of thiophene rings is 1. The smallest absolute Gasteiger partial charge is 0.139 e. The summed E-state index contributed by atoms with van der Waals surface area (Å²) in [5.41, 5.74) is 3.36. The van der Waals surface area contributed by atoms with E-state index in [0.717, 1.165) is 69.6 Å². The van der Waals surface area contributed by atoms with E-state index in [9.17, 15) is 0 Å². The molecule has 2 fully saturated rings. The Morgan fingerprint density at radius 2 is 1.77 bits per heavy atom. The SMILES string of the molecule is CC(O)N1CCNCC1.Cc1cc2c(s1)Nc1ccccc1N=C2N1CCN(C)CC1. The first-order chi connectivity index (χ1) is 15.0. The summed E-state index contributed by atoms with van der Waals surface area (Å²) in [4.78, 5) is 13.2. The summed E-state index contributed by atoms with van der Waals surface area (Å²) in [6, 6.07) is 10.6. The van der Waals surface area contributed by atoms with Gasteiger partial charge in [0, 0.05) is 57.2 Å². The molecule has 1 atom stereocenters. The molecule has 0 amide bonds. The van der Waals surface area contributed by atoms with Gasteiger partial charge in [-0.15, -0.1) is 11.3 Å². The van der Waals surface area contributed by atoms with Crippen molar-refractivity contribution in [3.8, 4) is 0 Å². The van der Waals surface area contributed by atoms with Gasteiger partial charge < -0.3 is 25.5 Å². The summed E-state index contributed by atoms with van der Waals surface area (Å²) >= 11 is 1.81. The number of amidine groups is 1. The molecule has 2 aromatic rings. The highest BCUT2D eigenvalue weighted by Gasteiger charge is 2.25. The van der Waals surface area contributed by atoms with Crippen LogP contribution in [0.1, 0.15) is 17.4 Å². The number of anilines is 2. The van der Waals surface area contributed by atoms with Crippen LogP contribution >= 0.6 is 11.3 Å². The molecule has 3 aliphatic rings. The van der Waals surface area contributed by atoms with Gasteiger partial charge in [0.15, 0.2) is 0 Å². The van der Waals surface area contributed by atoms with Gasteiger partial charge in [-0.3, -0.25) is 4.90 Å². The zero-order valence-corrected chi connectivity index (χ0v) is 19.6. The molecule has 0 aliphatic carbocycles. The van der Waals surface area contributed by atoms with Crippen LogP contribution in [0.15, 0.2) is 35.3 Å². The summed E-state index contributed by atoms with van der Waals surface area (Å²) in [5.74, 6) is 1.12. The van der Waals surface area contributed by atoms with Gasteiger partial charge in [0.1, 0.15) is 17.1 Å². The first-order valence-electron chi connectivity index (χ1n) is 11.1. The van der Waals surface area contributed by atoms with Crippen LogP contribution in [0.5, 0.6) is 0 Å². The number of nitrogens with one attached hydrogen (secondary N) is 2. The van der Waals surface area contributed by atoms with Crippen molar-refractivity contribution in [2.45, 2.75) is 20.1 Å². The molecule has 31 heavy (non-hydrogen) atoms. The highest BCUT2D eigenvalue weighted by Crippen LogP contribution is 2.39. The van der Waals surface area contributed by atoms with E-state index in [1.54, 1.807) is 11.3 Å². The van der Waals surface area contributed by atoms with Crippen LogP contribution in [0.4, 0.5) is 16.4 Å². The number of benzene rings is 1. The second-order valence-corrected chi connectivity index (χ2v) is 9.64. The van der Waals surface area contributed by atoms with Crippen molar-refractivity contribution in [2.75, 3.05) is 64.7 Å². The van der Waals surface area contributed by atoms with E-state index in [1.165, 1.54) is 15.4 Å². The van der Waals surface area contributed by atoms with Gasteiger partial charge in [0.05, 0.1) is 16.9 Å². The molecule has 1 aromatic carbocycles. The fourth-order valence-corrected chi connectivity index (χ4v) is 4.98. The lowest BCUT2D eigenvalue weighted by atomic mass is 10.2. The summed E-state index contributed by atoms with van der Waals surface area (Å²) in [5, 5.41) is 17.1. The van der Waals surface area contributed by atoms with Gasteiger partial charge in [0.2, 0.25) is 0 Å². The van der Waals surface area contributed by atoms with Crippen molar-refractivity contribution in [3.63, 3.8) is 0 Å². The van der Waals surface area contributed by atoms with Crippen LogP contribution in [0.2, 0.25) is 0 Å². The molecule has 4 heterocycles. The minimum atomic E-state index is -0.271. The van der Waals surface area contributed by atoms with E-state index < -0.39 is 0 Å². The van der Waals surface area contributed by atoms with E-state index in [4.69, 9.17) is 10.1 Å². The Morgan fingerprint density at radius 3 is 2.45 bits per heavy atom. The van der Waals surface area contributed by atoms with Crippen molar-refractivity contribution in [3.05, 3.63) is 40.8 Å². The number of hydrogen-bond donors (Lipinski definition) is 3. The number of aliphatic imine (C=N–C) groups is 1. The summed E-state index contributed by atoms with van der Waals surface area (Å²) in [6.07, 6.45) is -0.271. The maximum atomic E-state index is 9.08. The molecule has 2 saturated heterocycles. The average Bonchev–Trinajstić information content (AvgIpc) is 3.07. The van der Waals surface area contributed by atoms with Crippen LogP contribution < -0.4 is 10.6 Å². The molecule has 7 nitrogen and oxygen atoms in total. The van der Waals surface area contributed by atoms with E-state index >= 15 is 0 Å². The number of rotatable bonds is 1. The number of aliphatic hydroxyl groups excluding tert-OH is 1. The van der Waals surface area contributed by atoms with E-state index in [2.05, 4.69) is 69.6 Å². The molecule has 1 unspecified atom stereocenters. The predicted octanol–water partition coefficient (Wildman–Crippen LogP) is 2.67. The van der Waals surface area contributed by atoms with E-state index in [-0.39, 0.29) is 6.23 Å². The monoisotopic (exact) mass is 442 g/mol. The number of likely N-dealkylation sites (N-methyl/N-ethyl adjacent to an activating group) is 1. The molecule has 3 N–H and O–H groups in total. The van der Waals surface area contributed by atoms with Gasteiger partial charge in [-0.1, -0.05) is 12.1 Å². The van der Waals surface area contributed by atoms with Gasteiger partial charge >= 0.3 is 0 Å². The number of nitrogens with zero attached hydrogens (tertiary/aromatic N) is 4. The molecule has 0 radical (unpaired) electrons. The molecule has 0 saturated carbocycles. The van der Waals surface area contributed by atoms with E-state index in [1.807, 2.05) is 6.92 Å². The van der Waals surface area contributed by atoms with Gasteiger partial charge in [-0.05, 0) is 39.1 Å². The molecular formula is C23H34N6OS. The molecule has 8 heteroatoms. The minimum absolute atomic E-state index is 0.271. The molecule has 168 valence electrons. The molecule has 3 aliphatic heterocycles. The standard InChI is InChI=1S/C17H20N4S.C6H14N2O/c1-12-11-13-16(21-9-7-20(2)8-10-21)18-14-5-3-4-6-15(14)19-17(13)22-12;1-6(9)8-4-2-7-3-5-8/h3-6,11,19H,7-10H2,1-2H3;6-7,9H,2-5H2,1H3. The van der Waals surface area contributed by atoms with Gasteiger partial charge in [-0.2, -0.15) is 0 Å². The minimum Gasteiger partial charge on any atom is -0.379 e. The Bertz CT molecular complexity index is 897. The topological polar surface area (TPSA) is 66.4 Å². The van der Waals surface area contributed by atoms with Crippen LogP contribution in [0, 0.1) is 6.92 Å². The van der Waals surface area contributed by atoms with Gasteiger partial charge in [0.25, 0.3) is 0 Å². The Labute approximate surface area is 189 Å². The largest absolute Gasteiger partial charge is 0.379 e. The Balaban J connectivity index is 0.000000217. The first-order valence-corrected chi connectivity index (χ1v) is 11.9. The first kappa shape index (κ1) is 22.2. The van der Waals surface area contributed by atoms with Crippen molar-refractivity contribution in [2.24, 2.45) is 4.99 Å². The highest BCUT2D eigenvalue weighted by molar-refractivity contribution is 7.16. The zero-order valence-electron chi connectivity index (χ0n) is 18.8. The van der Waals surface area contributed by atoms with Crippen LogP contribution in [-0.2, 0) is 0 Å². The number of para-hydroxylation sites is 2. The molecular weight excluding hydrogens is 408 g/mol. The van der Waals surface area contributed by atoms with Crippen molar-refractivity contribution < 1.29 is 5.11 Å². The third-order valence-corrected chi connectivity index (χ3v) is 6.92. The second kappa shape index (κ2) is 10.1. The second-order valence-electron chi connectivity index (χ2n) is 8.39. The maximum absolute atomic E-state index is 9.08. The quantitative estimate of drug-likeness (QED) is 0.631. The van der Waals surface area contributed by atoms with E-state index in [0.29, 0.717) is 0 Å². The molecule has 0 spiro atoms. The molecule has 1 aromatic heterocycles. The molecule has 0 bridgehead atoms. The lowest BCUT2D eigenvalue weighted by molar-refractivity contribution is 0.0112. The average molecular weight is 443 g/mol. The Hall–Kier alpha value is -1.97. The lowest BCUT2D eigenvalue weighted by Crippen LogP contribution is -2.47. The Morgan fingerprint density at radius 1 is 1.06 bits per heavy atom. The number of hydrogen-bond acceptors (Lipinski definition) is 8. The van der Waals surface area contributed by atoms with Crippen molar-refractivity contribution in [1.82, 2.24) is 20.0 Å². The highest BCUT2D eigenvalue weighted by atomic mass is 32.1. The summed E-state index contributed by atoms with van der Waals surface area (Å²) in [7, 11) is 2.18. The van der Waals surface area contributed by atoms with Crippen molar-refractivity contribution >= 4 is 33.5 Å². The number of piperazine rings is 2. The molecule has 5 rings (SSSR count). The maximum Gasteiger partial charge on any atom is 0.139 e. The zero-order chi connectivity index (χ0) is 21.8.